The monoisotopic (exact) mass is 178 g/mol. The SMILES string of the molecule is CSSc1nnc(CO)o1. The van der Waals surface area contributed by atoms with Gasteiger partial charge in [0.15, 0.2) is 0 Å². The summed E-state index contributed by atoms with van der Waals surface area (Å²) in [5.74, 6) is 0.261. The van der Waals surface area contributed by atoms with Gasteiger partial charge in [0.25, 0.3) is 5.22 Å². The van der Waals surface area contributed by atoms with Crippen molar-refractivity contribution >= 4 is 21.6 Å². The molecule has 0 radical (unpaired) electrons. The molecule has 10 heavy (non-hydrogen) atoms. The normalized spacial score (nSPS) is 10.2. The van der Waals surface area contributed by atoms with Gasteiger partial charge in [0, 0.05) is 10.8 Å². The number of aliphatic hydroxyl groups is 1. The molecule has 0 aliphatic rings. The van der Waals surface area contributed by atoms with Crippen LogP contribution in [0.1, 0.15) is 5.89 Å². The van der Waals surface area contributed by atoms with Crippen LogP contribution in [0.25, 0.3) is 0 Å². The number of hydrogen-bond donors (Lipinski definition) is 1. The number of hydrogen-bond acceptors (Lipinski definition) is 6. The summed E-state index contributed by atoms with van der Waals surface area (Å²) in [7, 11) is 2.89. The molecule has 1 N–H and O–H groups in total. The maximum atomic E-state index is 8.51. The van der Waals surface area contributed by atoms with Crippen molar-refractivity contribution in [3.63, 3.8) is 0 Å². The molecule has 6 heteroatoms. The van der Waals surface area contributed by atoms with Crippen LogP contribution in [0.5, 0.6) is 0 Å². The Hall–Kier alpha value is -0.200. The highest BCUT2D eigenvalue weighted by molar-refractivity contribution is 8.76. The van der Waals surface area contributed by atoms with Crippen LogP contribution in [0.2, 0.25) is 0 Å². The van der Waals surface area contributed by atoms with Crippen LogP contribution >= 0.6 is 21.6 Å². The second-order valence-electron chi connectivity index (χ2n) is 1.37. The van der Waals surface area contributed by atoms with E-state index in [0.717, 1.165) is 0 Å². The van der Waals surface area contributed by atoms with Crippen LogP contribution in [0.4, 0.5) is 0 Å². The minimum atomic E-state index is -0.193. The third-order valence-electron chi connectivity index (χ3n) is 0.738. The van der Waals surface area contributed by atoms with Gasteiger partial charge in [0.2, 0.25) is 5.89 Å². The van der Waals surface area contributed by atoms with Crippen LogP contribution in [-0.4, -0.2) is 21.6 Å². The zero-order valence-corrected chi connectivity index (χ0v) is 6.91. The van der Waals surface area contributed by atoms with Gasteiger partial charge < -0.3 is 9.52 Å². The molecule has 0 aliphatic heterocycles. The van der Waals surface area contributed by atoms with Crippen molar-refractivity contribution in [1.29, 1.82) is 0 Å². The molecule has 0 aliphatic carbocycles. The highest BCUT2D eigenvalue weighted by atomic mass is 33.1. The molecule has 56 valence electrons. The molecular formula is C4H6N2O2S2. The van der Waals surface area contributed by atoms with E-state index in [1.54, 1.807) is 0 Å². The van der Waals surface area contributed by atoms with Crippen molar-refractivity contribution in [2.24, 2.45) is 0 Å². The van der Waals surface area contributed by atoms with Crippen LogP contribution in [0, 0.1) is 0 Å². The van der Waals surface area contributed by atoms with E-state index in [4.69, 9.17) is 9.52 Å². The molecule has 0 aromatic carbocycles. The Morgan fingerprint density at radius 2 is 2.40 bits per heavy atom. The fraction of sp³-hybridized carbons (Fsp3) is 0.500. The lowest BCUT2D eigenvalue weighted by Gasteiger charge is -1.84. The first kappa shape index (κ1) is 7.90. The van der Waals surface area contributed by atoms with Crippen LogP contribution in [-0.2, 0) is 6.61 Å². The lowest BCUT2D eigenvalue weighted by atomic mass is 10.7. The zero-order valence-electron chi connectivity index (χ0n) is 5.27. The first-order chi connectivity index (χ1) is 4.86. The van der Waals surface area contributed by atoms with E-state index < -0.39 is 0 Å². The number of aliphatic hydroxyl groups excluding tert-OH is 1. The van der Waals surface area contributed by atoms with Crippen molar-refractivity contribution in [1.82, 2.24) is 10.2 Å². The maximum Gasteiger partial charge on any atom is 0.287 e. The summed E-state index contributed by atoms with van der Waals surface area (Å²) in [6.07, 6.45) is 1.91. The number of aromatic nitrogens is 2. The second kappa shape index (κ2) is 3.85. The highest BCUT2D eigenvalue weighted by Crippen LogP contribution is 2.26. The molecule has 0 bridgehead atoms. The lowest BCUT2D eigenvalue weighted by molar-refractivity contribution is 0.231. The van der Waals surface area contributed by atoms with Crippen molar-refractivity contribution < 1.29 is 9.52 Å². The molecule has 0 saturated heterocycles. The maximum absolute atomic E-state index is 8.51. The van der Waals surface area contributed by atoms with E-state index in [1.165, 1.54) is 21.6 Å². The molecule has 0 saturated carbocycles. The average molecular weight is 178 g/mol. The molecule has 0 unspecified atom stereocenters. The van der Waals surface area contributed by atoms with E-state index in [9.17, 15) is 0 Å². The molecular weight excluding hydrogens is 172 g/mol. The van der Waals surface area contributed by atoms with Gasteiger partial charge in [-0.3, -0.25) is 0 Å². The van der Waals surface area contributed by atoms with Gasteiger partial charge in [0.1, 0.15) is 6.61 Å². The molecule has 0 atom stereocenters. The smallest absolute Gasteiger partial charge is 0.287 e. The van der Waals surface area contributed by atoms with E-state index in [-0.39, 0.29) is 12.5 Å². The molecule has 1 aromatic heterocycles. The van der Waals surface area contributed by atoms with Gasteiger partial charge in [-0.25, -0.2) is 0 Å². The van der Waals surface area contributed by atoms with Gasteiger partial charge in [0.05, 0.1) is 0 Å². The lowest BCUT2D eigenvalue weighted by Crippen LogP contribution is -1.79. The Morgan fingerprint density at radius 1 is 1.60 bits per heavy atom. The second-order valence-corrected chi connectivity index (χ2v) is 3.72. The number of rotatable bonds is 3. The molecule has 1 rings (SSSR count). The first-order valence-corrected chi connectivity index (χ1v) is 5.06. The summed E-state index contributed by atoms with van der Waals surface area (Å²) in [5, 5.41) is 16.2. The summed E-state index contributed by atoms with van der Waals surface area (Å²) in [4.78, 5) is 0. The van der Waals surface area contributed by atoms with E-state index in [1.807, 2.05) is 6.26 Å². The van der Waals surface area contributed by atoms with E-state index in [2.05, 4.69) is 10.2 Å². The minimum Gasteiger partial charge on any atom is -0.413 e. The van der Waals surface area contributed by atoms with Crippen molar-refractivity contribution in [3.8, 4) is 0 Å². The van der Waals surface area contributed by atoms with Crippen LogP contribution < -0.4 is 0 Å². The standard InChI is InChI=1S/C4H6N2O2S2/c1-9-10-4-6-5-3(2-7)8-4/h7H,2H2,1H3. The molecule has 0 amide bonds. The fourth-order valence-electron chi connectivity index (χ4n) is 0.407. The summed E-state index contributed by atoms with van der Waals surface area (Å²) in [5.41, 5.74) is 0. The summed E-state index contributed by atoms with van der Waals surface area (Å²) in [6.45, 7) is -0.193. The Morgan fingerprint density at radius 3 is 2.90 bits per heavy atom. The predicted octanol–water partition coefficient (Wildman–Crippen LogP) is 0.932. The molecule has 0 spiro atoms. The Balaban J connectivity index is 2.59. The van der Waals surface area contributed by atoms with Crippen LogP contribution in [0.3, 0.4) is 0 Å². The topological polar surface area (TPSA) is 59.2 Å². The van der Waals surface area contributed by atoms with Gasteiger partial charge >= 0.3 is 0 Å². The van der Waals surface area contributed by atoms with Gasteiger partial charge in [-0.2, -0.15) is 0 Å². The van der Waals surface area contributed by atoms with Crippen molar-refractivity contribution in [3.05, 3.63) is 5.89 Å². The molecule has 0 fully saturated rings. The quantitative estimate of drug-likeness (QED) is 0.695. The Bertz CT molecular complexity index is 203. The van der Waals surface area contributed by atoms with Crippen LogP contribution in [0.15, 0.2) is 9.64 Å². The Labute approximate surface area is 65.8 Å². The zero-order chi connectivity index (χ0) is 7.40. The first-order valence-electron chi connectivity index (χ1n) is 2.50. The van der Waals surface area contributed by atoms with Crippen molar-refractivity contribution in [2.45, 2.75) is 11.8 Å². The minimum absolute atomic E-state index is 0.193. The summed E-state index contributed by atoms with van der Waals surface area (Å²) >= 11 is 0. The van der Waals surface area contributed by atoms with Gasteiger partial charge in [-0.15, -0.1) is 10.2 Å². The third-order valence-corrected chi connectivity index (χ3v) is 2.14. The van der Waals surface area contributed by atoms with Crippen molar-refractivity contribution in [2.75, 3.05) is 6.26 Å². The summed E-state index contributed by atoms with van der Waals surface area (Å²) in [6, 6.07) is 0. The average Bonchev–Trinajstić information content (AvgIpc) is 2.37. The van der Waals surface area contributed by atoms with E-state index >= 15 is 0 Å². The van der Waals surface area contributed by atoms with Gasteiger partial charge in [-0.05, 0) is 6.26 Å². The number of nitrogens with zero attached hydrogens (tertiary/aromatic N) is 2. The molecule has 1 heterocycles. The third kappa shape index (κ3) is 1.89. The highest BCUT2D eigenvalue weighted by Gasteiger charge is 2.03. The van der Waals surface area contributed by atoms with E-state index in [0.29, 0.717) is 5.22 Å². The summed E-state index contributed by atoms with van der Waals surface area (Å²) < 4.78 is 4.94. The molecule has 4 nitrogen and oxygen atoms in total. The predicted molar refractivity (Wildman–Crippen MR) is 39.6 cm³/mol. The van der Waals surface area contributed by atoms with Gasteiger partial charge in [-0.1, -0.05) is 10.8 Å². The largest absolute Gasteiger partial charge is 0.413 e. The Kier molecular flexibility index (Phi) is 3.04. The fourth-order valence-corrected chi connectivity index (χ4v) is 1.38. The molecule has 1 aromatic rings.